The minimum atomic E-state index is 0.682. The Hall–Kier alpha value is -0.260. The zero-order chi connectivity index (χ0) is 12.4. The summed E-state index contributed by atoms with van der Waals surface area (Å²) in [6.45, 7) is 4.61. The normalized spacial score (nSPS) is 17.8. The quantitative estimate of drug-likeness (QED) is 0.310. The van der Waals surface area contributed by atoms with E-state index in [1.54, 1.807) is 0 Å². The molecule has 0 aromatic heterocycles. The van der Waals surface area contributed by atoms with Gasteiger partial charge in [0.05, 0.1) is 0 Å². The topological polar surface area (TPSA) is 0 Å². The van der Waals surface area contributed by atoms with E-state index in [1.165, 1.54) is 77.0 Å². The van der Waals surface area contributed by atoms with Gasteiger partial charge in [0.2, 0.25) is 0 Å². The van der Waals surface area contributed by atoms with E-state index in [0.717, 1.165) is 0 Å². The fourth-order valence-electron chi connectivity index (χ4n) is 3.14. The second kappa shape index (κ2) is 8.78. The Balaban J connectivity index is 2.20. The van der Waals surface area contributed by atoms with Crippen molar-refractivity contribution in [2.45, 2.75) is 90.9 Å². The molecule has 1 rings (SSSR count). The van der Waals surface area contributed by atoms with E-state index >= 15 is 0 Å². The molecule has 17 heavy (non-hydrogen) atoms. The van der Waals surface area contributed by atoms with Gasteiger partial charge in [-0.05, 0) is 31.1 Å². The Morgan fingerprint density at radius 1 is 0.706 bits per heavy atom. The molecule has 0 saturated heterocycles. The van der Waals surface area contributed by atoms with Gasteiger partial charge < -0.3 is 0 Å². The monoisotopic (exact) mass is 236 g/mol. The predicted octanol–water partition coefficient (Wildman–Crippen LogP) is 6.26. The van der Waals surface area contributed by atoms with Crippen molar-refractivity contribution in [3.05, 3.63) is 12.2 Å². The van der Waals surface area contributed by atoms with Crippen LogP contribution in [0.15, 0.2) is 12.2 Å². The molecule has 0 heteroatoms. The molecule has 0 amide bonds. The van der Waals surface area contributed by atoms with Gasteiger partial charge in [-0.1, -0.05) is 77.4 Å². The maximum absolute atomic E-state index is 2.43. The van der Waals surface area contributed by atoms with Gasteiger partial charge in [-0.15, -0.1) is 0 Å². The fraction of sp³-hybridized carbons (Fsp3) is 0.882. The summed E-state index contributed by atoms with van der Waals surface area (Å²) < 4.78 is 0. The van der Waals surface area contributed by atoms with Crippen molar-refractivity contribution >= 4 is 0 Å². The van der Waals surface area contributed by atoms with Crippen LogP contribution in [0.25, 0.3) is 0 Å². The highest BCUT2D eigenvalue weighted by Crippen LogP contribution is 2.42. The average Bonchev–Trinajstić information content (AvgIpc) is 2.80. The molecular weight excluding hydrogens is 204 g/mol. The molecule has 0 N–H and O–H groups in total. The molecule has 0 aromatic rings. The van der Waals surface area contributed by atoms with Crippen LogP contribution in [0.2, 0.25) is 0 Å². The van der Waals surface area contributed by atoms with Crippen molar-refractivity contribution in [1.82, 2.24) is 0 Å². The van der Waals surface area contributed by atoms with Crippen LogP contribution in [0, 0.1) is 5.41 Å². The Labute approximate surface area is 109 Å². The van der Waals surface area contributed by atoms with Crippen LogP contribution in [0.4, 0.5) is 0 Å². The summed E-state index contributed by atoms with van der Waals surface area (Å²) in [5.74, 6) is 0. The Morgan fingerprint density at radius 2 is 1.18 bits per heavy atom. The summed E-state index contributed by atoms with van der Waals surface area (Å²) >= 11 is 0. The van der Waals surface area contributed by atoms with Gasteiger partial charge in [0.15, 0.2) is 0 Å². The summed E-state index contributed by atoms with van der Waals surface area (Å²) in [6.07, 6.45) is 22.0. The maximum Gasteiger partial charge on any atom is -0.0228 e. The molecule has 0 aromatic carbocycles. The highest BCUT2D eigenvalue weighted by molar-refractivity contribution is 5.02. The third-order valence-electron chi connectivity index (χ3n) is 4.39. The number of allylic oxidation sites excluding steroid dienone is 2. The van der Waals surface area contributed by atoms with Gasteiger partial charge in [-0.2, -0.15) is 0 Å². The molecular formula is C17H32. The molecule has 0 nitrogen and oxygen atoms in total. The van der Waals surface area contributed by atoms with E-state index in [1.807, 2.05) is 0 Å². The molecule has 0 unspecified atom stereocenters. The molecule has 100 valence electrons. The number of rotatable bonds is 10. The van der Waals surface area contributed by atoms with E-state index in [4.69, 9.17) is 0 Å². The lowest BCUT2D eigenvalue weighted by molar-refractivity contribution is 0.240. The molecule has 1 aliphatic carbocycles. The average molecular weight is 236 g/mol. The van der Waals surface area contributed by atoms with E-state index in [2.05, 4.69) is 26.0 Å². The number of unbranched alkanes of at least 4 members (excludes halogenated alkanes) is 6. The van der Waals surface area contributed by atoms with Gasteiger partial charge in [0.25, 0.3) is 0 Å². The lowest BCUT2D eigenvalue weighted by atomic mass is 9.76. The van der Waals surface area contributed by atoms with Crippen LogP contribution in [0.5, 0.6) is 0 Å². The molecule has 1 aliphatic rings. The second-order valence-electron chi connectivity index (χ2n) is 6.00. The summed E-state index contributed by atoms with van der Waals surface area (Å²) in [4.78, 5) is 0. The van der Waals surface area contributed by atoms with Crippen molar-refractivity contribution in [1.29, 1.82) is 0 Å². The first kappa shape index (κ1) is 14.8. The first-order chi connectivity index (χ1) is 8.33. The van der Waals surface area contributed by atoms with Gasteiger partial charge in [0.1, 0.15) is 0 Å². The smallest absolute Gasteiger partial charge is 0.0228 e. The van der Waals surface area contributed by atoms with Crippen LogP contribution in [-0.4, -0.2) is 0 Å². The Kier molecular flexibility index (Phi) is 7.64. The zero-order valence-corrected chi connectivity index (χ0v) is 12.1. The molecule has 0 atom stereocenters. The van der Waals surface area contributed by atoms with Gasteiger partial charge in [-0.25, -0.2) is 0 Å². The van der Waals surface area contributed by atoms with Gasteiger partial charge >= 0.3 is 0 Å². The van der Waals surface area contributed by atoms with Crippen molar-refractivity contribution in [2.75, 3.05) is 0 Å². The van der Waals surface area contributed by atoms with Crippen LogP contribution in [0.3, 0.4) is 0 Å². The van der Waals surface area contributed by atoms with Gasteiger partial charge in [-0.3, -0.25) is 0 Å². The van der Waals surface area contributed by atoms with E-state index in [-0.39, 0.29) is 0 Å². The van der Waals surface area contributed by atoms with Crippen molar-refractivity contribution in [2.24, 2.45) is 5.41 Å². The molecule has 0 heterocycles. The maximum atomic E-state index is 2.43. The number of hydrogen-bond donors (Lipinski definition) is 0. The first-order valence-corrected chi connectivity index (χ1v) is 7.98. The van der Waals surface area contributed by atoms with Crippen molar-refractivity contribution in [3.8, 4) is 0 Å². The zero-order valence-electron chi connectivity index (χ0n) is 12.1. The Morgan fingerprint density at radius 3 is 1.59 bits per heavy atom. The largest absolute Gasteiger partial charge is 0.0880 e. The molecule has 0 spiro atoms. The highest BCUT2D eigenvalue weighted by atomic mass is 14.3. The third kappa shape index (κ3) is 5.75. The molecule has 0 fully saturated rings. The minimum absolute atomic E-state index is 0.682. The summed E-state index contributed by atoms with van der Waals surface area (Å²) in [5.41, 5.74) is 0.682. The molecule has 0 radical (unpaired) electrons. The van der Waals surface area contributed by atoms with Crippen LogP contribution < -0.4 is 0 Å². The van der Waals surface area contributed by atoms with E-state index in [0.29, 0.717) is 5.41 Å². The number of hydrogen-bond acceptors (Lipinski definition) is 0. The standard InChI is InChI=1S/C17H32/c1-3-5-7-9-13-17(15-11-12-16-17)14-10-8-6-4-2/h11-12H,3-10,13-16H2,1-2H3. The Bertz CT molecular complexity index is 180. The fourth-order valence-corrected chi connectivity index (χ4v) is 3.14. The second-order valence-corrected chi connectivity index (χ2v) is 6.00. The summed E-state index contributed by atoms with van der Waals surface area (Å²) in [5, 5.41) is 0. The van der Waals surface area contributed by atoms with Gasteiger partial charge in [0, 0.05) is 0 Å². The van der Waals surface area contributed by atoms with E-state index in [9.17, 15) is 0 Å². The van der Waals surface area contributed by atoms with Crippen LogP contribution in [0.1, 0.15) is 90.9 Å². The van der Waals surface area contributed by atoms with E-state index < -0.39 is 0 Å². The lowest BCUT2D eigenvalue weighted by Crippen LogP contribution is -2.16. The first-order valence-electron chi connectivity index (χ1n) is 7.98. The van der Waals surface area contributed by atoms with Crippen molar-refractivity contribution < 1.29 is 0 Å². The van der Waals surface area contributed by atoms with Crippen LogP contribution in [-0.2, 0) is 0 Å². The molecule has 0 saturated carbocycles. The minimum Gasteiger partial charge on any atom is -0.0880 e. The van der Waals surface area contributed by atoms with Crippen molar-refractivity contribution in [3.63, 3.8) is 0 Å². The lowest BCUT2D eigenvalue weighted by Gasteiger charge is -2.29. The predicted molar refractivity (Wildman–Crippen MR) is 78.3 cm³/mol. The summed E-state index contributed by atoms with van der Waals surface area (Å²) in [7, 11) is 0. The van der Waals surface area contributed by atoms with Crippen LogP contribution >= 0.6 is 0 Å². The third-order valence-corrected chi connectivity index (χ3v) is 4.39. The summed E-state index contributed by atoms with van der Waals surface area (Å²) in [6, 6.07) is 0. The molecule has 0 aliphatic heterocycles. The molecule has 0 bridgehead atoms. The SMILES string of the molecule is CCCCCCC1(CCCCCC)CC=CC1. The highest BCUT2D eigenvalue weighted by Gasteiger charge is 2.29.